The van der Waals surface area contributed by atoms with E-state index >= 15 is 0 Å². The number of benzene rings is 1. The fourth-order valence-corrected chi connectivity index (χ4v) is 1.31. The second-order valence-corrected chi connectivity index (χ2v) is 4.09. The molecule has 0 heterocycles. The van der Waals surface area contributed by atoms with Crippen molar-refractivity contribution in [3.63, 3.8) is 0 Å². The molecule has 0 bridgehead atoms. The molecule has 0 amide bonds. The van der Waals surface area contributed by atoms with Crippen LogP contribution in [-0.2, 0) is 0 Å². The molecule has 0 aromatic heterocycles. The molecule has 92 valence electrons. The highest BCUT2D eigenvalue weighted by Crippen LogP contribution is 2.23. The monoisotopic (exact) mass is 274 g/mol. The van der Waals surface area contributed by atoms with Gasteiger partial charge >= 0.3 is 0 Å². The van der Waals surface area contributed by atoms with Crippen molar-refractivity contribution in [1.82, 2.24) is 0 Å². The quantitative estimate of drug-likeness (QED) is 0.641. The molecule has 1 aromatic carbocycles. The SMILES string of the molecule is COc1ccc(OCC=C(Cl)Cl)cc1C(=N)N. The Morgan fingerprint density at radius 2 is 2.18 bits per heavy atom. The Balaban J connectivity index is 2.85. The highest BCUT2D eigenvalue weighted by Gasteiger charge is 2.07. The summed E-state index contributed by atoms with van der Waals surface area (Å²) in [6.07, 6.45) is 1.51. The maximum Gasteiger partial charge on any atom is 0.130 e. The van der Waals surface area contributed by atoms with E-state index in [0.29, 0.717) is 17.1 Å². The lowest BCUT2D eigenvalue weighted by Gasteiger charge is -2.09. The molecule has 1 aromatic rings. The topological polar surface area (TPSA) is 68.3 Å². The van der Waals surface area contributed by atoms with Gasteiger partial charge in [0.1, 0.15) is 28.4 Å². The zero-order chi connectivity index (χ0) is 12.8. The maximum absolute atomic E-state index is 7.41. The summed E-state index contributed by atoms with van der Waals surface area (Å²) in [6.45, 7) is 0.242. The summed E-state index contributed by atoms with van der Waals surface area (Å²) in [5.74, 6) is 0.996. The Morgan fingerprint density at radius 1 is 1.47 bits per heavy atom. The van der Waals surface area contributed by atoms with E-state index in [-0.39, 0.29) is 16.9 Å². The lowest BCUT2D eigenvalue weighted by Crippen LogP contribution is -2.12. The van der Waals surface area contributed by atoms with Gasteiger partial charge in [-0.15, -0.1) is 0 Å². The Hall–Kier alpha value is -1.39. The third kappa shape index (κ3) is 4.17. The zero-order valence-electron chi connectivity index (χ0n) is 9.17. The fraction of sp³-hybridized carbons (Fsp3) is 0.182. The average Bonchev–Trinajstić information content (AvgIpc) is 2.28. The predicted molar refractivity (Wildman–Crippen MR) is 69.3 cm³/mol. The highest BCUT2D eigenvalue weighted by molar-refractivity contribution is 6.55. The van der Waals surface area contributed by atoms with Crippen molar-refractivity contribution in [2.24, 2.45) is 5.73 Å². The summed E-state index contributed by atoms with van der Waals surface area (Å²) >= 11 is 10.9. The number of nitrogen functional groups attached to an aromatic ring is 1. The first kappa shape index (κ1) is 13.7. The highest BCUT2D eigenvalue weighted by atomic mass is 35.5. The number of nitrogens with one attached hydrogen (secondary N) is 1. The summed E-state index contributed by atoms with van der Waals surface area (Å²) in [6, 6.07) is 5.01. The lowest BCUT2D eigenvalue weighted by molar-refractivity contribution is 0.360. The Labute approximate surface area is 109 Å². The summed E-state index contributed by atoms with van der Waals surface area (Å²) < 4.78 is 10.6. The Bertz CT molecular complexity index is 443. The average molecular weight is 275 g/mol. The van der Waals surface area contributed by atoms with Crippen molar-refractivity contribution >= 4 is 29.0 Å². The van der Waals surface area contributed by atoms with Gasteiger partial charge in [-0.05, 0) is 24.3 Å². The van der Waals surface area contributed by atoms with Gasteiger partial charge in [-0.3, -0.25) is 5.41 Å². The van der Waals surface area contributed by atoms with Crippen LogP contribution in [0.1, 0.15) is 5.56 Å². The summed E-state index contributed by atoms with van der Waals surface area (Å²) in [7, 11) is 1.51. The van der Waals surface area contributed by atoms with Gasteiger partial charge in [-0.2, -0.15) is 0 Å². The van der Waals surface area contributed by atoms with Gasteiger partial charge in [-0.25, -0.2) is 0 Å². The van der Waals surface area contributed by atoms with Crippen LogP contribution in [0.15, 0.2) is 28.8 Å². The van der Waals surface area contributed by atoms with Crippen LogP contribution < -0.4 is 15.2 Å². The van der Waals surface area contributed by atoms with Gasteiger partial charge in [0.15, 0.2) is 0 Å². The Morgan fingerprint density at radius 3 is 2.71 bits per heavy atom. The number of methoxy groups -OCH3 is 1. The van der Waals surface area contributed by atoms with Crippen LogP contribution in [-0.4, -0.2) is 19.6 Å². The molecule has 3 N–H and O–H groups in total. The van der Waals surface area contributed by atoms with E-state index in [4.69, 9.17) is 43.8 Å². The summed E-state index contributed by atoms with van der Waals surface area (Å²) in [5, 5.41) is 7.41. The number of hydrogen-bond acceptors (Lipinski definition) is 3. The summed E-state index contributed by atoms with van der Waals surface area (Å²) in [4.78, 5) is 0. The molecule has 0 aliphatic carbocycles. The van der Waals surface area contributed by atoms with Crippen molar-refractivity contribution in [2.45, 2.75) is 0 Å². The molecule has 0 aliphatic rings. The van der Waals surface area contributed by atoms with E-state index in [1.807, 2.05) is 0 Å². The van der Waals surface area contributed by atoms with E-state index < -0.39 is 0 Å². The molecule has 6 heteroatoms. The van der Waals surface area contributed by atoms with E-state index in [0.717, 1.165) is 0 Å². The second kappa shape index (κ2) is 6.37. The van der Waals surface area contributed by atoms with Crippen LogP contribution in [0, 0.1) is 5.41 Å². The first-order valence-corrected chi connectivity index (χ1v) is 5.46. The number of rotatable bonds is 5. The molecule has 0 spiro atoms. The van der Waals surface area contributed by atoms with E-state index in [1.165, 1.54) is 13.2 Å². The Kier molecular flexibility index (Phi) is 5.12. The van der Waals surface area contributed by atoms with Gasteiger partial charge in [0.25, 0.3) is 0 Å². The molecule has 0 radical (unpaired) electrons. The minimum Gasteiger partial charge on any atom is -0.496 e. The van der Waals surface area contributed by atoms with Crippen molar-refractivity contribution in [3.05, 3.63) is 34.3 Å². The van der Waals surface area contributed by atoms with E-state index in [1.54, 1.807) is 18.2 Å². The van der Waals surface area contributed by atoms with Crippen molar-refractivity contribution in [2.75, 3.05) is 13.7 Å². The minimum atomic E-state index is -0.0850. The molecule has 0 saturated heterocycles. The number of hydrogen-bond donors (Lipinski definition) is 2. The normalized spacial score (nSPS) is 9.59. The summed E-state index contributed by atoms with van der Waals surface area (Å²) in [5.41, 5.74) is 5.91. The largest absolute Gasteiger partial charge is 0.496 e. The van der Waals surface area contributed by atoms with Crippen molar-refractivity contribution in [1.29, 1.82) is 5.41 Å². The minimum absolute atomic E-state index is 0.0850. The molecule has 1 rings (SSSR count). The standard InChI is InChI=1S/C11H12Cl2N2O2/c1-16-9-3-2-7(6-8(9)11(14)15)17-5-4-10(12)13/h2-4,6H,5H2,1H3,(H3,14,15). The number of ether oxygens (including phenoxy) is 2. The maximum atomic E-state index is 7.41. The van der Waals surface area contributed by atoms with Crippen molar-refractivity contribution in [3.8, 4) is 11.5 Å². The van der Waals surface area contributed by atoms with Crippen LogP contribution in [0.4, 0.5) is 0 Å². The number of amidine groups is 1. The van der Waals surface area contributed by atoms with E-state index in [2.05, 4.69) is 0 Å². The van der Waals surface area contributed by atoms with Gasteiger partial charge in [0.2, 0.25) is 0 Å². The van der Waals surface area contributed by atoms with Crippen LogP contribution in [0.2, 0.25) is 0 Å². The molecule has 17 heavy (non-hydrogen) atoms. The van der Waals surface area contributed by atoms with Crippen LogP contribution in [0.25, 0.3) is 0 Å². The molecule has 0 aliphatic heterocycles. The molecule has 0 unspecified atom stereocenters. The first-order chi connectivity index (χ1) is 8.04. The molecule has 0 fully saturated rings. The van der Waals surface area contributed by atoms with Gasteiger partial charge in [0, 0.05) is 0 Å². The third-order valence-corrected chi connectivity index (χ3v) is 2.26. The first-order valence-electron chi connectivity index (χ1n) is 4.71. The van der Waals surface area contributed by atoms with Gasteiger partial charge < -0.3 is 15.2 Å². The molecule has 4 nitrogen and oxygen atoms in total. The van der Waals surface area contributed by atoms with E-state index in [9.17, 15) is 0 Å². The van der Waals surface area contributed by atoms with Gasteiger partial charge in [0.05, 0.1) is 12.7 Å². The smallest absolute Gasteiger partial charge is 0.130 e. The fourth-order valence-electron chi connectivity index (χ4n) is 1.19. The van der Waals surface area contributed by atoms with Crippen LogP contribution >= 0.6 is 23.2 Å². The number of nitrogens with two attached hydrogens (primary N) is 1. The molecular formula is C11H12Cl2N2O2. The predicted octanol–water partition coefficient (Wildman–Crippen LogP) is 2.68. The van der Waals surface area contributed by atoms with Crippen molar-refractivity contribution < 1.29 is 9.47 Å². The van der Waals surface area contributed by atoms with Crippen LogP contribution in [0.5, 0.6) is 11.5 Å². The molecule has 0 saturated carbocycles. The van der Waals surface area contributed by atoms with Gasteiger partial charge in [-0.1, -0.05) is 23.2 Å². The molecule has 0 atom stereocenters. The third-order valence-electron chi connectivity index (χ3n) is 1.95. The lowest BCUT2D eigenvalue weighted by atomic mass is 10.1. The molecular weight excluding hydrogens is 263 g/mol. The second-order valence-electron chi connectivity index (χ2n) is 3.08. The van der Waals surface area contributed by atoms with Crippen LogP contribution in [0.3, 0.4) is 0 Å². The number of halogens is 2. The zero-order valence-corrected chi connectivity index (χ0v) is 10.7.